The maximum absolute atomic E-state index is 10.6. The predicted octanol–water partition coefficient (Wildman–Crippen LogP) is 3.72. The first-order chi connectivity index (χ1) is 11.5. The van der Waals surface area contributed by atoms with E-state index in [4.69, 9.17) is 10.6 Å². The van der Waals surface area contributed by atoms with Gasteiger partial charge in [0.05, 0.1) is 6.10 Å². The Kier molecular flexibility index (Phi) is 3.47. The summed E-state index contributed by atoms with van der Waals surface area (Å²) < 4.78 is 5.82. The van der Waals surface area contributed by atoms with E-state index in [1.165, 1.54) is 19.3 Å². The van der Waals surface area contributed by atoms with Gasteiger partial charge in [0.25, 0.3) is 0 Å². The largest absolute Gasteiger partial charge is 0.505 e. The van der Waals surface area contributed by atoms with Crippen LogP contribution in [0.5, 0.6) is 0 Å². The molecule has 0 bridgehead atoms. The van der Waals surface area contributed by atoms with Gasteiger partial charge in [0, 0.05) is 18.1 Å². The Balaban J connectivity index is 1.77. The lowest BCUT2D eigenvalue weighted by Gasteiger charge is -2.54. The molecule has 3 N–H and O–H groups in total. The molecular formula is C20H28N2O2. The molecule has 24 heavy (non-hydrogen) atoms. The summed E-state index contributed by atoms with van der Waals surface area (Å²) in [5, 5.41) is 14.3. The summed E-state index contributed by atoms with van der Waals surface area (Å²) in [7, 11) is 1.86. The van der Waals surface area contributed by atoms with Crippen LogP contribution in [0.4, 0.5) is 0 Å². The highest BCUT2D eigenvalue weighted by molar-refractivity contribution is 6.08. The monoisotopic (exact) mass is 328 g/mol. The van der Waals surface area contributed by atoms with Crippen molar-refractivity contribution in [2.45, 2.75) is 45.6 Å². The average molecular weight is 328 g/mol. The van der Waals surface area contributed by atoms with E-state index in [9.17, 15) is 5.11 Å². The minimum absolute atomic E-state index is 0.135. The number of hydrogen-bond donors (Lipinski definition) is 2. The zero-order valence-corrected chi connectivity index (χ0v) is 14.8. The van der Waals surface area contributed by atoms with Gasteiger partial charge in [-0.3, -0.25) is 0 Å². The van der Waals surface area contributed by atoms with Crippen LogP contribution in [0.1, 0.15) is 39.5 Å². The Morgan fingerprint density at radius 2 is 2.00 bits per heavy atom. The molecular weight excluding hydrogens is 300 g/mol. The highest BCUT2D eigenvalue weighted by Crippen LogP contribution is 2.63. The third-order valence-electron chi connectivity index (χ3n) is 7.59. The molecule has 0 unspecified atom stereocenters. The van der Waals surface area contributed by atoms with Crippen LogP contribution < -0.4 is 5.84 Å². The molecule has 2 saturated carbocycles. The Hall–Kier alpha value is -1.55. The van der Waals surface area contributed by atoms with Gasteiger partial charge in [0.2, 0.25) is 0 Å². The first kappa shape index (κ1) is 15.9. The molecule has 4 heteroatoms. The third-order valence-corrected chi connectivity index (χ3v) is 7.59. The van der Waals surface area contributed by atoms with Gasteiger partial charge in [-0.15, -0.1) is 0 Å². The van der Waals surface area contributed by atoms with Gasteiger partial charge in [0.1, 0.15) is 11.5 Å². The lowest BCUT2D eigenvalue weighted by molar-refractivity contribution is -0.0557. The molecule has 4 nitrogen and oxygen atoms in total. The summed E-state index contributed by atoms with van der Waals surface area (Å²) in [5.41, 5.74) is 1.60. The number of hydrazone groups is 1. The van der Waals surface area contributed by atoms with E-state index < -0.39 is 0 Å². The van der Waals surface area contributed by atoms with Crippen LogP contribution in [-0.4, -0.2) is 24.0 Å². The van der Waals surface area contributed by atoms with E-state index in [2.05, 4.69) is 37.2 Å². The van der Waals surface area contributed by atoms with Crippen LogP contribution in [0, 0.1) is 28.6 Å². The van der Waals surface area contributed by atoms with E-state index in [1.54, 1.807) is 0 Å². The number of aliphatic hydroxyl groups is 1. The first-order valence-corrected chi connectivity index (χ1v) is 9.08. The van der Waals surface area contributed by atoms with Crippen molar-refractivity contribution >= 4 is 5.71 Å². The van der Waals surface area contributed by atoms with Gasteiger partial charge < -0.3 is 15.7 Å². The molecule has 6 atom stereocenters. The topological polar surface area (TPSA) is 67.8 Å². The van der Waals surface area contributed by atoms with Gasteiger partial charge in [-0.25, -0.2) is 0 Å². The second kappa shape index (κ2) is 5.22. The lowest BCUT2D eigenvalue weighted by Crippen LogP contribution is -2.49. The Morgan fingerprint density at radius 3 is 2.71 bits per heavy atom. The number of aliphatic hydroxyl groups excluding tert-OH is 1. The lowest BCUT2D eigenvalue weighted by atomic mass is 9.50. The highest BCUT2D eigenvalue weighted by Gasteiger charge is 2.58. The first-order valence-electron chi connectivity index (χ1n) is 9.08. The average Bonchev–Trinajstić information content (AvgIpc) is 2.91. The van der Waals surface area contributed by atoms with Crippen LogP contribution in [-0.2, 0) is 4.74 Å². The molecule has 4 rings (SSSR count). The standard InChI is InChI=1S/C20H28N2O2/c1-19-11-9-16(22-21)18(23)15(19)5-4-12-13-6-7-17(24-3)20(13,2)10-8-14(12)19/h4-5,9,11-14,17,23H,6-8,10,21H2,1-3H3/b22-16+/t12-,13-,14-,17+,19+,20-/m0/s1. The number of nitrogens with zero attached hydrogens (tertiary/aromatic N) is 1. The van der Waals surface area contributed by atoms with E-state index in [1.807, 2.05) is 13.2 Å². The van der Waals surface area contributed by atoms with Crippen molar-refractivity contribution in [2.75, 3.05) is 7.11 Å². The van der Waals surface area contributed by atoms with E-state index >= 15 is 0 Å². The van der Waals surface area contributed by atoms with Crippen molar-refractivity contribution in [3.8, 4) is 0 Å². The van der Waals surface area contributed by atoms with Gasteiger partial charge in [-0.2, -0.15) is 5.10 Å². The van der Waals surface area contributed by atoms with E-state index in [-0.39, 0.29) is 16.6 Å². The van der Waals surface area contributed by atoms with Crippen molar-refractivity contribution in [2.24, 2.45) is 39.5 Å². The second-order valence-electron chi connectivity index (χ2n) is 8.39. The van der Waals surface area contributed by atoms with Crippen LogP contribution in [0.2, 0.25) is 0 Å². The summed E-state index contributed by atoms with van der Waals surface area (Å²) >= 11 is 0. The molecule has 0 aromatic heterocycles. The molecule has 0 aliphatic heterocycles. The van der Waals surface area contributed by atoms with Crippen LogP contribution >= 0.6 is 0 Å². The summed E-state index contributed by atoms with van der Waals surface area (Å²) in [6.07, 6.45) is 13.7. The number of methoxy groups -OCH3 is 1. The quantitative estimate of drug-likeness (QED) is 0.569. The number of fused-ring (bicyclic) bond motifs is 5. The number of nitrogens with two attached hydrogens (primary N) is 1. The number of rotatable bonds is 1. The normalized spacial score (nSPS) is 48.4. The SMILES string of the molecule is CO[C@@H]1CC[C@H]2[C@@H]3C=CC4=C(O)/C(=N/N)C=C[C@]4(C)[C@H]3CC[C@]12C. The maximum atomic E-state index is 10.6. The zero-order valence-electron chi connectivity index (χ0n) is 14.8. The van der Waals surface area contributed by atoms with Gasteiger partial charge >= 0.3 is 0 Å². The molecule has 0 spiro atoms. The van der Waals surface area contributed by atoms with Gasteiger partial charge in [-0.05, 0) is 54.9 Å². The third kappa shape index (κ3) is 1.86. The summed E-state index contributed by atoms with van der Waals surface area (Å²) in [5.74, 6) is 7.38. The molecule has 4 aliphatic rings. The second-order valence-corrected chi connectivity index (χ2v) is 8.39. The predicted molar refractivity (Wildman–Crippen MR) is 95.5 cm³/mol. The van der Waals surface area contributed by atoms with Crippen LogP contribution in [0.25, 0.3) is 0 Å². The smallest absolute Gasteiger partial charge is 0.147 e. The van der Waals surface area contributed by atoms with Crippen LogP contribution in [0.3, 0.4) is 0 Å². The number of allylic oxidation sites excluding steroid dienone is 5. The van der Waals surface area contributed by atoms with Crippen LogP contribution in [0.15, 0.2) is 40.7 Å². The number of hydrogen-bond acceptors (Lipinski definition) is 4. The molecule has 2 fully saturated rings. The summed E-state index contributed by atoms with van der Waals surface area (Å²) in [4.78, 5) is 0. The molecule has 0 heterocycles. The fourth-order valence-electron chi connectivity index (χ4n) is 6.21. The van der Waals surface area contributed by atoms with Crippen molar-refractivity contribution in [3.63, 3.8) is 0 Å². The fourth-order valence-corrected chi connectivity index (χ4v) is 6.21. The Morgan fingerprint density at radius 1 is 1.21 bits per heavy atom. The van der Waals surface area contributed by atoms with Crippen molar-refractivity contribution in [1.82, 2.24) is 0 Å². The summed E-state index contributed by atoms with van der Waals surface area (Å²) in [6.45, 7) is 4.68. The van der Waals surface area contributed by atoms with Crippen molar-refractivity contribution < 1.29 is 9.84 Å². The minimum atomic E-state index is -0.135. The molecule has 0 saturated heterocycles. The fraction of sp³-hybridized carbons (Fsp3) is 0.650. The van der Waals surface area contributed by atoms with Crippen molar-refractivity contribution in [1.29, 1.82) is 0 Å². The van der Waals surface area contributed by atoms with E-state index in [0.717, 1.165) is 12.0 Å². The highest BCUT2D eigenvalue weighted by atomic mass is 16.5. The zero-order chi connectivity index (χ0) is 17.1. The number of ether oxygens (including phenoxy) is 1. The Labute approximate surface area is 144 Å². The molecule has 130 valence electrons. The molecule has 4 aliphatic carbocycles. The van der Waals surface area contributed by atoms with Crippen molar-refractivity contribution in [3.05, 3.63) is 35.6 Å². The minimum Gasteiger partial charge on any atom is -0.505 e. The molecule has 0 amide bonds. The molecule has 0 aromatic rings. The van der Waals surface area contributed by atoms with Gasteiger partial charge in [0.15, 0.2) is 0 Å². The Bertz CT molecular complexity index is 677. The maximum Gasteiger partial charge on any atom is 0.147 e. The molecule has 0 aromatic carbocycles. The van der Waals surface area contributed by atoms with E-state index in [0.29, 0.717) is 29.6 Å². The van der Waals surface area contributed by atoms with Gasteiger partial charge in [-0.1, -0.05) is 32.1 Å². The molecule has 0 radical (unpaired) electrons. The summed E-state index contributed by atoms with van der Waals surface area (Å²) in [6, 6.07) is 0.